The number of ether oxygens (including phenoxy) is 1. The molecule has 1 aromatic carbocycles. The Kier molecular flexibility index (Phi) is 4.72. The van der Waals surface area contributed by atoms with Crippen LogP contribution in [-0.2, 0) is 0 Å². The Morgan fingerprint density at radius 1 is 1.31 bits per heavy atom. The van der Waals surface area contributed by atoms with Crippen LogP contribution in [0.3, 0.4) is 0 Å². The lowest BCUT2D eigenvalue weighted by molar-refractivity contribution is 0.0828. The van der Waals surface area contributed by atoms with Gasteiger partial charge in [-0.05, 0) is 37.6 Å². The number of amides is 1. The van der Waals surface area contributed by atoms with Crippen molar-refractivity contribution in [3.8, 4) is 17.0 Å². The molecule has 0 saturated carbocycles. The lowest BCUT2D eigenvalue weighted by Crippen LogP contribution is -2.26. The summed E-state index contributed by atoms with van der Waals surface area (Å²) < 4.78 is 22.4. The van der Waals surface area contributed by atoms with Crippen molar-refractivity contribution in [1.82, 2.24) is 14.3 Å². The summed E-state index contributed by atoms with van der Waals surface area (Å²) in [6, 6.07) is 5.16. The molecule has 136 valence electrons. The number of halogens is 1. The van der Waals surface area contributed by atoms with Crippen molar-refractivity contribution in [2.45, 2.75) is 13.8 Å². The zero-order valence-corrected chi connectivity index (χ0v) is 16.6. The highest BCUT2D eigenvalue weighted by Gasteiger charge is 2.25. The molecule has 2 heterocycles. The van der Waals surface area contributed by atoms with Gasteiger partial charge < -0.3 is 14.0 Å². The second-order valence-corrected chi connectivity index (χ2v) is 6.98. The molecule has 2 aromatic heterocycles. The number of rotatable bonds is 3. The first-order chi connectivity index (χ1) is 12.3. The van der Waals surface area contributed by atoms with Gasteiger partial charge in [-0.25, -0.2) is 9.37 Å². The molecule has 1 amide bonds. The molecule has 0 radical (unpaired) electrons. The predicted octanol–water partition coefficient (Wildman–Crippen LogP) is 2.97. The van der Waals surface area contributed by atoms with Gasteiger partial charge in [-0.2, -0.15) is 0 Å². The minimum Gasteiger partial charge on any atom is -0.495 e. The van der Waals surface area contributed by atoms with Crippen LogP contribution in [0.15, 0.2) is 24.4 Å². The maximum absolute atomic E-state index is 15.1. The van der Waals surface area contributed by atoms with Crippen molar-refractivity contribution in [2.75, 3.05) is 21.2 Å². The maximum atomic E-state index is 15.1. The maximum Gasteiger partial charge on any atom is 0.254 e. The van der Waals surface area contributed by atoms with Gasteiger partial charge in [-0.3, -0.25) is 4.79 Å². The summed E-state index contributed by atoms with van der Waals surface area (Å²) in [6.45, 7) is 3.86. The van der Waals surface area contributed by atoms with Crippen LogP contribution in [0, 0.1) is 19.7 Å². The van der Waals surface area contributed by atoms with Gasteiger partial charge in [-0.1, -0.05) is 0 Å². The zero-order chi connectivity index (χ0) is 19.2. The number of imidazole rings is 1. The quantitative estimate of drug-likeness (QED) is 0.663. The van der Waals surface area contributed by atoms with Gasteiger partial charge in [0.1, 0.15) is 17.2 Å². The van der Waals surface area contributed by atoms with E-state index in [-0.39, 0.29) is 17.0 Å². The van der Waals surface area contributed by atoms with Crippen molar-refractivity contribution in [3.05, 3.63) is 47.0 Å². The van der Waals surface area contributed by atoms with Gasteiger partial charge in [0.05, 0.1) is 23.9 Å². The van der Waals surface area contributed by atoms with Gasteiger partial charge in [0.2, 0.25) is 0 Å². The number of aromatic nitrogens is 2. The van der Waals surface area contributed by atoms with Gasteiger partial charge in [0.15, 0.2) is 0 Å². The number of aryl methyl sites for hydroxylation is 2. The predicted molar refractivity (Wildman–Crippen MR) is 104 cm³/mol. The van der Waals surface area contributed by atoms with E-state index in [9.17, 15) is 4.79 Å². The molecule has 0 aliphatic carbocycles. The molecule has 0 saturated heterocycles. The molecule has 3 aromatic rings. The monoisotopic (exact) mass is 373 g/mol. The van der Waals surface area contributed by atoms with E-state index in [1.165, 1.54) is 18.1 Å². The van der Waals surface area contributed by atoms with Crippen molar-refractivity contribution in [2.24, 2.45) is 0 Å². The number of benzene rings is 1. The number of carbonyl (C=O) groups is 1. The molecule has 26 heavy (non-hydrogen) atoms. The highest BCUT2D eigenvalue weighted by atomic mass is 31.0. The normalized spacial score (nSPS) is 11.0. The summed E-state index contributed by atoms with van der Waals surface area (Å²) in [7, 11) is 7.20. The number of nitrogens with zero attached hydrogens (tertiary/aromatic N) is 3. The average Bonchev–Trinajstić information content (AvgIpc) is 2.91. The van der Waals surface area contributed by atoms with Crippen molar-refractivity contribution >= 4 is 26.1 Å². The average molecular weight is 373 g/mol. The van der Waals surface area contributed by atoms with Crippen molar-refractivity contribution in [3.63, 3.8) is 0 Å². The molecule has 5 nitrogen and oxygen atoms in total. The fraction of sp³-hybridized carbons (Fsp3) is 0.263. The van der Waals surface area contributed by atoms with E-state index >= 15 is 4.39 Å². The van der Waals surface area contributed by atoms with E-state index < -0.39 is 5.82 Å². The number of carbonyl (C=O) groups excluding carboxylic acids is 1. The number of hydrogen-bond acceptors (Lipinski definition) is 3. The van der Waals surface area contributed by atoms with E-state index in [0.29, 0.717) is 16.7 Å². The highest BCUT2D eigenvalue weighted by molar-refractivity contribution is 7.28. The smallest absolute Gasteiger partial charge is 0.254 e. The Hall–Kier alpha value is -2.46. The molecule has 3 rings (SSSR count). The molecule has 0 fully saturated rings. The highest BCUT2D eigenvalue weighted by Crippen LogP contribution is 2.35. The number of pyridine rings is 1. The Morgan fingerprint density at radius 2 is 2.00 bits per heavy atom. The summed E-state index contributed by atoms with van der Waals surface area (Å²) in [5, 5.41) is 0.509. The standard InChI is InChI=1S/C19H21FN3O2P/c1-10-6-7-23-11(2)16(21-14(23)8-10)15-13(20)9-12(19(24)22(3)4)18(26)17(15)25-5/h6-9H,26H2,1-5H3. The Balaban J connectivity index is 2.31. The lowest BCUT2D eigenvalue weighted by Gasteiger charge is -2.17. The molecule has 0 spiro atoms. The molecular weight excluding hydrogens is 352 g/mol. The Bertz CT molecular complexity index is 1030. The molecule has 7 heteroatoms. The SMILES string of the molecule is COc1c(P)c(C(=O)N(C)C)cc(F)c1-c1nc2cc(C)ccn2c1C. The van der Waals surface area contributed by atoms with Crippen LogP contribution in [0.5, 0.6) is 5.75 Å². The lowest BCUT2D eigenvalue weighted by atomic mass is 10.0. The molecule has 1 atom stereocenters. The number of methoxy groups -OCH3 is 1. The molecule has 1 unspecified atom stereocenters. The van der Waals surface area contributed by atoms with E-state index in [1.807, 2.05) is 36.6 Å². The van der Waals surface area contributed by atoms with Crippen molar-refractivity contribution in [1.29, 1.82) is 0 Å². The third kappa shape index (κ3) is 2.84. The fourth-order valence-electron chi connectivity index (χ4n) is 3.00. The van der Waals surface area contributed by atoms with E-state index in [0.717, 1.165) is 16.9 Å². The second kappa shape index (κ2) is 6.69. The fourth-order valence-corrected chi connectivity index (χ4v) is 3.47. The minimum atomic E-state index is -0.540. The first-order valence-corrected chi connectivity index (χ1v) is 8.67. The Labute approximate surface area is 154 Å². The summed E-state index contributed by atoms with van der Waals surface area (Å²) in [5.74, 6) is -0.536. The molecular formula is C19H21FN3O2P. The van der Waals surface area contributed by atoms with Gasteiger partial charge >= 0.3 is 0 Å². The topological polar surface area (TPSA) is 46.8 Å². The van der Waals surface area contributed by atoms with Gasteiger partial charge in [-0.15, -0.1) is 9.24 Å². The second-order valence-electron chi connectivity index (χ2n) is 6.41. The van der Waals surface area contributed by atoms with Crippen LogP contribution in [-0.4, -0.2) is 41.4 Å². The summed E-state index contributed by atoms with van der Waals surface area (Å²) in [6.07, 6.45) is 1.91. The van der Waals surface area contributed by atoms with Gasteiger partial charge in [0.25, 0.3) is 5.91 Å². The minimum absolute atomic E-state index is 0.246. The largest absolute Gasteiger partial charge is 0.495 e. The first kappa shape index (κ1) is 18.3. The molecule has 0 aliphatic heterocycles. The van der Waals surface area contributed by atoms with Crippen LogP contribution in [0.1, 0.15) is 21.6 Å². The summed E-state index contributed by atoms with van der Waals surface area (Å²) in [4.78, 5) is 18.4. The third-order valence-electron chi connectivity index (χ3n) is 4.37. The van der Waals surface area contributed by atoms with E-state index in [2.05, 4.69) is 14.2 Å². The van der Waals surface area contributed by atoms with Crippen LogP contribution in [0.4, 0.5) is 4.39 Å². The van der Waals surface area contributed by atoms with E-state index in [1.54, 1.807) is 14.1 Å². The van der Waals surface area contributed by atoms with Crippen molar-refractivity contribution < 1.29 is 13.9 Å². The van der Waals surface area contributed by atoms with Crippen LogP contribution in [0.2, 0.25) is 0 Å². The Morgan fingerprint density at radius 3 is 2.62 bits per heavy atom. The third-order valence-corrected chi connectivity index (χ3v) is 4.94. The number of hydrogen-bond donors (Lipinski definition) is 0. The molecule has 0 aliphatic rings. The van der Waals surface area contributed by atoms with Crippen LogP contribution in [0.25, 0.3) is 16.9 Å². The van der Waals surface area contributed by atoms with Gasteiger partial charge in [0, 0.05) is 31.3 Å². The molecule has 0 N–H and O–H groups in total. The molecule has 0 bridgehead atoms. The first-order valence-electron chi connectivity index (χ1n) is 8.09. The van der Waals surface area contributed by atoms with Crippen LogP contribution < -0.4 is 10.0 Å². The summed E-state index contributed by atoms with van der Waals surface area (Å²) in [5.41, 5.74) is 3.60. The summed E-state index contributed by atoms with van der Waals surface area (Å²) >= 11 is 0. The van der Waals surface area contributed by atoms with Crippen LogP contribution >= 0.6 is 9.24 Å². The zero-order valence-electron chi connectivity index (χ0n) is 15.4. The number of fused-ring (bicyclic) bond motifs is 1. The van der Waals surface area contributed by atoms with E-state index in [4.69, 9.17) is 4.74 Å².